The lowest BCUT2D eigenvalue weighted by atomic mass is 9.93. The Kier molecular flexibility index (Phi) is 6.55. The van der Waals surface area contributed by atoms with E-state index in [0.29, 0.717) is 0 Å². The summed E-state index contributed by atoms with van der Waals surface area (Å²) in [6.07, 6.45) is -5.13. The van der Waals surface area contributed by atoms with Gasteiger partial charge in [-0.15, -0.1) is 0 Å². The summed E-state index contributed by atoms with van der Waals surface area (Å²) in [5, 5.41) is 104. The van der Waals surface area contributed by atoms with Gasteiger partial charge in [0.2, 0.25) is 11.5 Å². The first-order valence-electron chi connectivity index (χ1n) is 13.0. The van der Waals surface area contributed by atoms with Crippen molar-refractivity contribution in [3.63, 3.8) is 0 Å². The lowest BCUT2D eigenvalue weighted by Gasteiger charge is -2.34. The zero-order chi connectivity index (χ0) is 30.7. The minimum atomic E-state index is -1.23. The summed E-state index contributed by atoms with van der Waals surface area (Å²) in [6.45, 7) is 0. The molecule has 0 aromatic heterocycles. The van der Waals surface area contributed by atoms with E-state index < -0.39 is 81.9 Å². The molecule has 0 radical (unpaired) electrons. The van der Waals surface area contributed by atoms with Crippen LogP contribution < -0.4 is 14.2 Å². The number of aliphatic hydroxyl groups excluding tert-OH is 2. The molecule has 224 valence electrons. The number of phenols is 8. The van der Waals surface area contributed by atoms with E-state index >= 15 is 0 Å². The van der Waals surface area contributed by atoms with Crippen LogP contribution in [-0.4, -0.2) is 63.3 Å². The molecule has 0 unspecified atom stereocenters. The molecule has 0 bridgehead atoms. The fourth-order valence-corrected chi connectivity index (χ4v) is 5.31. The lowest BCUT2D eigenvalue weighted by molar-refractivity contribution is 0.0156. The predicted molar refractivity (Wildman–Crippen MR) is 145 cm³/mol. The Morgan fingerprint density at radius 2 is 0.884 bits per heavy atom. The van der Waals surface area contributed by atoms with Gasteiger partial charge in [0.25, 0.3) is 0 Å². The van der Waals surface area contributed by atoms with Gasteiger partial charge in [0.1, 0.15) is 11.5 Å². The molecule has 0 saturated carbocycles. The Hall–Kier alpha value is -5.40. The Bertz CT molecular complexity index is 1620. The summed E-state index contributed by atoms with van der Waals surface area (Å²) < 4.78 is 17.9. The molecule has 0 fully saturated rings. The predicted octanol–water partition coefficient (Wildman–Crippen LogP) is 3.20. The Balaban J connectivity index is 1.43. The molecule has 4 aromatic rings. The van der Waals surface area contributed by atoms with Gasteiger partial charge in [0.15, 0.2) is 58.2 Å². The summed E-state index contributed by atoms with van der Waals surface area (Å²) >= 11 is 0. The number of hydrogen-bond donors (Lipinski definition) is 10. The van der Waals surface area contributed by atoms with Gasteiger partial charge in [-0.1, -0.05) is 12.1 Å². The van der Waals surface area contributed by atoms with E-state index in [1.54, 1.807) is 0 Å². The van der Waals surface area contributed by atoms with Crippen molar-refractivity contribution in [2.45, 2.75) is 37.3 Å². The minimum Gasteiger partial charge on any atom is -0.507 e. The normalized spacial score (nSPS) is 20.8. The monoisotopic (exact) mass is 594 g/mol. The second-order valence-corrected chi connectivity index (χ2v) is 10.3. The van der Waals surface area contributed by atoms with Crippen LogP contribution in [0.3, 0.4) is 0 Å². The van der Waals surface area contributed by atoms with Crippen LogP contribution in [0.4, 0.5) is 0 Å². The highest BCUT2D eigenvalue weighted by molar-refractivity contribution is 5.67. The van der Waals surface area contributed by atoms with Crippen molar-refractivity contribution in [3.05, 3.63) is 70.8 Å². The maximum absolute atomic E-state index is 10.8. The maximum atomic E-state index is 10.8. The topological polar surface area (TPSA) is 230 Å². The zero-order valence-electron chi connectivity index (χ0n) is 22.0. The third-order valence-corrected chi connectivity index (χ3v) is 7.47. The summed E-state index contributed by atoms with van der Waals surface area (Å²) in [4.78, 5) is 0. The number of aliphatic hydroxyl groups is 2. The quantitative estimate of drug-likeness (QED) is 0.153. The van der Waals surface area contributed by atoms with E-state index in [9.17, 15) is 51.1 Å². The molecule has 43 heavy (non-hydrogen) atoms. The smallest absolute Gasteiger partial charge is 0.211 e. The molecule has 0 saturated heterocycles. The van der Waals surface area contributed by atoms with Crippen LogP contribution in [0.25, 0.3) is 0 Å². The maximum Gasteiger partial charge on any atom is 0.211 e. The molecular formula is C30H26O13. The molecule has 0 aliphatic carbocycles. The first-order chi connectivity index (χ1) is 20.4. The SMILES string of the molecule is Oc1ccc([C@H]2Oc3c(c(O)cc(O)c3Oc3c(O)cc(O)c4c3O[C@H](c3ccc(O)c(O)c3)[C@H](O)C4)C[C@H]2O)cc1O. The second kappa shape index (κ2) is 10.2. The van der Waals surface area contributed by atoms with Crippen LogP contribution in [-0.2, 0) is 12.8 Å². The molecule has 2 aliphatic heterocycles. The van der Waals surface area contributed by atoms with Gasteiger partial charge in [0, 0.05) is 36.1 Å². The van der Waals surface area contributed by atoms with Gasteiger partial charge in [-0.05, 0) is 35.4 Å². The summed E-state index contributed by atoms with van der Waals surface area (Å²) in [7, 11) is 0. The van der Waals surface area contributed by atoms with Crippen LogP contribution >= 0.6 is 0 Å². The summed E-state index contributed by atoms with van der Waals surface area (Å²) in [5.74, 6) is -5.04. The third-order valence-electron chi connectivity index (χ3n) is 7.47. The first-order valence-corrected chi connectivity index (χ1v) is 13.0. The van der Waals surface area contributed by atoms with E-state index in [1.165, 1.54) is 36.4 Å². The average molecular weight is 595 g/mol. The Labute approximate surface area is 242 Å². The highest BCUT2D eigenvalue weighted by Gasteiger charge is 2.39. The van der Waals surface area contributed by atoms with Crippen molar-refractivity contribution in [3.8, 4) is 69.0 Å². The van der Waals surface area contributed by atoms with E-state index in [-0.39, 0.29) is 46.6 Å². The van der Waals surface area contributed by atoms with Crippen molar-refractivity contribution < 1.29 is 65.3 Å². The van der Waals surface area contributed by atoms with Gasteiger partial charge in [-0.2, -0.15) is 0 Å². The largest absolute Gasteiger partial charge is 0.507 e. The molecule has 4 aromatic carbocycles. The van der Waals surface area contributed by atoms with Crippen LogP contribution in [0.5, 0.6) is 69.0 Å². The molecule has 0 amide bonds. The summed E-state index contributed by atoms with van der Waals surface area (Å²) in [5.41, 5.74) is 0.620. The van der Waals surface area contributed by atoms with E-state index in [4.69, 9.17) is 14.2 Å². The van der Waals surface area contributed by atoms with Gasteiger partial charge in [0.05, 0.1) is 12.2 Å². The van der Waals surface area contributed by atoms with Crippen LogP contribution in [0.1, 0.15) is 34.5 Å². The summed E-state index contributed by atoms with van der Waals surface area (Å²) in [6, 6.07) is 9.47. The minimum absolute atomic E-state index is 0.0560. The van der Waals surface area contributed by atoms with E-state index in [1.807, 2.05) is 0 Å². The molecule has 0 spiro atoms. The average Bonchev–Trinajstić information content (AvgIpc) is 2.95. The molecule has 4 atom stereocenters. The third kappa shape index (κ3) is 4.70. The number of aromatic hydroxyl groups is 8. The molecule has 6 rings (SSSR count). The first kappa shape index (κ1) is 27.8. The van der Waals surface area contributed by atoms with Crippen molar-refractivity contribution >= 4 is 0 Å². The fourth-order valence-electron chi connectivity index (χ4n) is 5.31. The fraction of sp³-hybridized carbons (Fsp3) is 0.200. The van der Waals surface area contributed by atoms with Crippen molar-refractivity contribution in [2.24, 2.45) is 0 Å². The highest BCUT2D eigenvalue weighted by Crippen LogP contribution is 2.56. The second-order valence-electron chi connectivity index (χ2n) is 10.3. The van der Waals surface area contributed by atoms with Crippen LogP contribution in [0.15, 0.2) is 48.5 Å². The number of ether oxygens (including phenoxy) is 3. The van der Waals surface area contributed by atoms with Crippen LogP contribution in [0, 0.1) is 0 Å². The number of benzene rings is 4. The Morgan fingerprint density at radius 3 is 1.26 bits per heavy atom. The Morgan fingerprint density at radius 1 is 0.488 bits per heavy atom. The molecule has 13 nitrogen and oxygen atoms in total. The number of phenolic OH excluding ortho intramolecular Hbond substituents is 8. The molecule has 2 heterocycles. The standard InChI is InChI=1S/C30H26O13/c31-15-3-1-11(5-19(15)35)25-21(37)7-13-17(33)9-23(39)29(27(13)41-25)43-30-24(40)10-18(34)14-8-22(38)26(42-28(14)30)12-2-4-16(32)20(36)6-12/h1-6,9-10,21-22,25-26,31-40H,7-8H2/t21-,22-,25-,26-/m1/s1. The molecule has 2 aliphatic rings. The zero-order valence-corrected chi connectivity index (χ0v) is 22.0. The van der Waals surface area contributed by atoms with Crippen LogP contribution in [0.2, 0.25) is 0 Å². The van der Waals surface area contributed by atoms with E-state index in [0.717, 1.165) is 12.1 Å². The lowest BCUT2D eigenvalue weighted by Crippen LogP contribution is -2.31. The van der Waals surface area contributed by atoms with Crippen molar-refractivity contribution in [2.75, 3.05) is 0 Å². The van der Waals surface area contributed by atoms with Gasteiger partial charge >= 0.3 is 0 Å². The number of rotatable bonds is 4. The van der Waals surface area contributed by atoms with E-state index in [2.05, 4.69) is 0 Å². The molecule has 10 N–H and O–H groups in total. The van der Waals surface area contributed by atoms with Gasteiger partial charge in [-0.25, -0.2) is 0 Å². The molecule has 13 heteroatoms. The van der Waals surface area contributed by atoms with Crippen molar-refractivity contribution in [1.29, 1.82) is 0 Å². The van der Waals surface area contributed by atoms with Crippen molar-refractivity contribution in [1.82, 2.24) is 0 Å². The van der Waals surface area contributed by atoms with Gasteiger partial charge in [-0.3, -0.25) is 0 Å². The number of fused-ring (bicyclic) bond motifs is 2. The van der Waals surface area contributed by atoms with Gasteiger partial charge < -0.3 is 65.3 Å². The number of hydrogen-bond acceptors (Lipinski definition) is 13. The highest BCUT2D eigenvalue weighted by atomic mass is 16.6. The molecular weight excluding hydrogens is 568 g/mol.